The first-order chi connectivity index (χ1) is 6.36. The molecule has 72 valence electrons. The molecule has 0 aromatic carbocycles. The maximum Gasteiger partial charge on any atom is 0.0568 e. The van der Waals surface area contributed by atoms with E-state index in [1.807, 2.05) is 16.9 Å². The highest BCUT2D eigenvalue weighted by atomic mass is 16.3. The molecule has 3 heteroatoms. The molecule has 0 radical (unpaired) electrons. The van der Waals surface area contributed by atoms with E-state index in [0.717, 1.165) is 25.8 Å². The lowest BCUT2D eigenvalue weighted by molar-refractivity contribution is 0.0178. The van der Waals surface area contributed by atoms with Gasteiger partial charge in [-0.15, -0.1) is 0 Å². The number of hydrogen-bond donors (Lipinski definition) is 1. The molecule has 2 unspecified atom stereocenters. The molecule has 1 saturated carbocycles. The Balaban J connectivity index is 1.64. The Morgan fingerprint density at radius 2 is 2.38 bits per heavy atom. The van der Waals surface area contributed by atoms with Crippen molar-refractivity contribution in [3.8, 4) is 0 Å². The minimum atomic E-state index is -0.0161. The highest BCUT2D eigenvalue weighted by Gasteiger charge is 2.27. The van der Waals surface area contributed by atoms with Crippen LogP contribution in [-0.4, -0.2) is 21.0 Å². The number of nitrogens with zero attached hydrogens (tertiary/aromatic N) is 2. The van der Waals surface area contributed by atoms with Crippen molar-refractivity contribution < 1.29 is 5.11 Å². The summed E-state index contributed by atoms with van der Waals surface area (Å²) in [6, 6.07) is 1.94. The third-order valence-electron chi connectivity index (χ3n) is 2.90. The van der Waals surface area contributed by atoms with E-state index in [1.165, 1.54) is 6.42 Å². The second kappa shape index (κ2) is 3.92. The van der Waals surface area contributed by atoms with Crippen molar-refractivity contribution in [3.63, 3.8) is 0 Å². The number of rotatable bonds is 4. The normalized spacial score (nSPS) is 27.2. The SMILES string of the molecule is OC1CCC1CCCn1cccn1. The molecular weight excluding hydrogens is 164 g/mol. The van der Waals surface area contributed by atoms with Crippen molar-refractivity contribution in [1.82, 2.24) is 9.78 Å². The van der Waals surface area contributed by atoms with E-state index in [-0.39, 0.29) is 6.10 Å². The number of aliphatic hydroxyl groups excluding tert-OH is 1. The van der Waals surface area contributed by atoms with Gasteiger partial charge in [0.25, 0.3) is 0 Å². The van der Waals surface area contributed by atoms with Crippen LogP contribution in [0.1, 0.15) is 25.7 Å². The fraction of sp³-hybridized carbons (Fsp3) is 0.700. The summed E-state index contributed by atoms with van der Waals surface area (Å²) in [5, 5.41) is 13.5. The molecule has 1 aliphatic rings. The van der Waals surface area contributed by atoms with Gasteiger partial charge >= 0.3 is 0 Å². The highest BCUT2D eigenvalue weighted by Crippen LogP contribution is 2.31. The largest absolute Gasteiger partial charge is 0.393 e. The third kappa shape index (κ3) is 2.10. The summed E-state index contributed by atoms with van der Waals surface area (Å²) < 4.78 is 1.95. The molecule has 0 bridgehead atoms. The van der Waals surface area contributed by atoms with E-state index >= 15 is 0 Å². The summed E-state index contributed by atoms with van der Waals surface area (Å²) in [4.78, 5) is 0. The Bertz CT molecular complexity index is 245. The summed E-state index contributed by atoms with van der Waals surface area (Å²) in [7, 11) is 0. The maximum atomic E-state index is 9.34. The fourth-order valence-corrected chi connectivity index (χ4v) is 1.84. The second-order valence-corrected chi connectivity index (χ2v) is 3.82. The molecule has 1 heterocycles. The van der Waals surface area contributed by atoms with E-state index in [2.05, 4.69) is 5.10 Å². The topological polar surface area (TPSA) is 38.0 Å². The lowest BCUT2D eigenvalue weighted by Gasteiger charge is -2.32. The number of aromatic nitrogens is 2. The molecule has 0 saturated heterocycles. The van der Waals surface area contributed by atoms with E-state index in [4.69, 9.17) is 0 Å². The highest BCUT2D eigenvalue weighted by molar-refractivity contribution is 4.80. The Morgan fingerprint density at radius 1 is 1.46 bits per heavy atom. The van der Waals surface area contributed by atoms with Gasteiger partial charge in [0.15, 0.2) is 0 Å². The molecule has 3 nitrogen and oxygen atoms in total. The van der Waals surface area contributed by atoms with Crippen LogP contribution in [0, 0.1) is 5.92 Å². The fourth-order valence-electron chi connectivity index (χ4n) is 1.84. The predicted molar refractivity (Wildman–Crippen MR) is 50.2 cm³/mol. The van der Waals surface area contributed by atoms with E-state index in [0.29, 0.717) is 5.92 Å². The lowest BCUT2D eigenvalue weighted by atomic mass is 9.79. The lowest BCUT2D eigenvalue weighted by Crippen LogP contribution is -2.31. The molecule has 13 heavy (non-hydrogen) atoms. The quantitative estimate of drug-likeness (QED) is 0.761. The molecule has 1 N–H and O–H groups in total. The zero-order valence-electron chi connectivity index (χ0n) is 7.76. The van der Waals surface area contributed by atoms with Crippen LogP contribution in [0.5, 0.6) is 0 Å². The number of aryl methyl sites for hydroxylation is 1. The standard InChI is InChI=1S/C10H16N2O/c13-10-5-4-9(10)3-1-7-12-8-2-6-11-12/h2,6,8-10,13H,1,3-5,7H2. The zero-order valence-corrected chi connectivity index (χ0v) is 7.76. The molecule has 2 atom stereocenters. The second-order valence-electron chi connectivity index (χ2n) is 3.82. The van der Waals surface area contributed by atoms with Crippen molar-refractivity contribution in [2.75, 3.05) is 0 Å². The monoisotopic (exact) mass is 180 g/mol. The van der Waals surface area contributed by atoms with E-state index in [1.54, 1.807) is 6.20 Å². The Kier molecular flexibility index (Phi) is 2.64. The zero-order chi connectivity index (χ0) is 9.10. The van der Waals surface area contributed by atoms with Gasteiger partial charge < -0.3 is 5.11 Å². The Labute approximate surface area is 78.4 Å². The minimum absolute atomic E-state index is 0.0161. The van der Waals surface area contributed by atoms with Gasteiger partial charge in [0.05, 0.1) is 6.10 Å². The summed E-state index contributed by atoms with van der Waals surface area (Å²) in [6.07, 6.45) is 8.25. The first-order valence-electron chi connectivity index (χ1n) is 5.02. The van der Waals surface area contributed by atoms with Crippen LogP contribution in [0.3, 0.4) is 0 Å². The van der Waals surface area contributed by atoms with Gasteiger partial charge in [-0.2, -0.15) is 5.10 Å². The first kappa shape index (κ1) is 8.75. The molecule has 1 aromatic heterocycles. The van der Waals surface area contributed by atoms with Gasteiger partial charge in [-0.05, 0) is 37.7 Å². The van der Waals surface area contributed by atoms with Crippen LogP contribution in [-0.2, 0) is 6.54 Å². The maximum absolute atomic E-state index is 9.34. The molecule has 1 aromatic rings. The van der Waals surface area contributed by atoms with E-state index < -0.39 is 0 Å². The van der Waals surface area contributed by atoms with Gasteiger partial charge in [0, 0.05) is 18.9 Å². The van der Waals surface area contributed by atoms with Crippen LogP contribution >= 0.6 is 0 Å². The van der Waals surface area contributed by atoms with Crippen molar-refractivity contribution in [2.24, 2.45) is 5.92 Å². The molecular formula is C10H16N2O. The number of aliphatic hydroxyl groups is 1. The summed E-state index contributed by atoms with van der Waals surface area (Å²) in [5.74, 6) is 0.565. The molecule has 0 spiro atoms. The Hall–Kier alpha value is -0.830. The average molecular weight is 180 g/mol. The van der Waals surface area contributed by atoms with Gasteiger partial charge in [0.1, 0.15) is 0 Å². The third-order valence-corrected chi connectivity index (χ3v) is 2.90. The molecule has 2 rings (SSSR count). The molecule has 1 fully saturated rings. The van der Waals surface area contributed by atoms with Gasteiger partial charge in [0.2, 0.25) is 0 Å². The van der Waals surface area contributed by atoms with Crippen molar-refractivity contribution in [2.45, 2.75) is 38.3 Å². The van der Waals surface area contributed by atoms with Crippen LogP contribution in [0.4, 0.5) is 0 Å². The van der Waals surface area contributed by atoms with Crippen LogP contribution in [0.25, 0.3) is 0 Å². The first-order valence-corrected chi connectivity index (χ1v) is 5.02. The Morgan fingerprint density at radius 3 is 2.92 bits per heavy atom. The molecule has 0 aliphatic heterocycles. The average Bonchev–Trinajstić information content (AvgIpc) is 2.62. The predicted octanol–water partition coefficient (Wildman–Crippen LogP) is 1.43. The van der Waals surface area contributed by atoms with Gasteiger partial charge in [-0.25, -0.2) is 0 Å². The minimum Gasteiger partial charge on any atom is -0.393 e. The molecule has 0 amide bonds. The number of hydrogen-bond acceptors (Lipinski definition) is 2. The summed E-state index contributed by atoms with van der Waals surface area (Å²) in [6.45, 7) is 0.982. The summed E-state index contributed by atoms with van der Waals surface area (Å²) >= 11 is 0. The smallest absolute Gasteiger partial charge is 0.0568 e. The summed E-state index contributed by atoms with van der Waals surface area (Å²) in [5.41, 5.74) is 0. The van der Waals surface area contributed by atoms with Crippen LogP contribution in [0.15, 0.2) is 18.5 Å². The van der Waals surface area contributed by atoms with E-state index in [9.17, 15) is 5.11 Å². The van der Waals surface area contributed by atoms with Gasteiger partial charge in [-0.3, -0.25) is 4.68 Å². The molecule has 1 aliphatic carbocycles. The van der Waals surface area contributed by atoms with Crippen LogP contribution in [0.2, 0.25) is 0 Å². The van der Waals surface area contributed by atoms with Crippen LogP contribution < -0.4 is 0 Å². The van der Waals surface area contributed by atoms with Crippen molar-refractivity contribution in [1.29, 1.82) is 0 Å². The van der Waals surface area contributed by atoms with Crippen molar-refractivity contribution >= 4 is 0 Å². The van der Waals surface area contributed by atoms with Gasteiger partial charge in [-0.1, -0.05) is 0 Å². The van der Waals surface area contributed by atoms with Crippen molar-refractivity contribution in [3.05, 3.63) is 18.5 Å².